The second-order valence-electron chi connectivity index (χ2n) is 5.12. The van der Waals surface area contributed by atoms with E-state index < -0.39 is 21.8 Å². The second-order valence-corrected chi connectivity index (χ2v) is 7.10. The number of hydrogen-bond donors (Lipinski definition) is 1. The Balaban J connectivity index is 3.09. The predicted octanol–water partition coefficient (Wildman–Crippen LogP) is 2.09. The molecule has 0 saturated carbocycles. The molecule has 1 unspecified atom stereocenters. The molecule has 0 aromatic heterocycles. The van der Waals surface area contributed by atoms with Gasteiger partial charge in [0.2, 0.25) is 0 Å². The Morgan fingerprint density at radius 3 is 2.40 bits per heavy atom. The molecule has 0 heterocycles. The zero-order chi connectivity index (χ0) is 15.3. The molecule has 0 fully saturated rings. The van der Waals surface area contributed by atoms with Crippen molar-refractivity contribution in [2.24, 2.45) is 5.92 Å². The Morgan fingerprint density at radius 1 is 1.30 bits per heavy atom. The maximum Gasteiger partial charge on any atom is 0.328 e. The molecule has 0 spiro atoms. The molecule has 1 N–H and O–H groups in total. The number of para-hydroxylation sites is 1. The van der Waals surface area contributed by atoms with Gasteiger partial charge in [-0.15, -0.1) is 0 Å². The van der Waals surface area contributed by atoms with Crippen LogP contribution in [-0.4, -0.2) is 33.8 Å². The van der Waals surface area contributed by atoms with Crippen LogP contribution < -0.4 is 5.32 Å². The molecule has 0 aliphatic heterocycles. The molecule has 0 aliphatic carbocycles. The van der Waals surface area contributed by atoms with Gasteiger partial charge in [0.25, 0.3) is 0 Å². The summed E-state index contributed by atoms with van der Waals surface area (Å²) in [5.41, 5.74) is 0.422. The number of carbonyl (C=O) groups is 1. The van der Waals surface area contributed by atoms with Gasteiger partial charge in [-0.25, -0.2) is 13.2 Å². The minimum atomic E-state index is -3.35. The zero-order valence-corrected chi connectivity index (χ0v) is 13.0. The molecule has 1 atom stereocenters. The first-order chi connectivity index (χ1) is 9.25. The standard InChI is InChI=1S/C14H21NO4S/c1-10(2)9-12(14(16)19-3)15-11-7-5-6-8-13(11)20(4,17)18/h5-8,10,12,15H,9H2,1-4H3. The number of ether oxygens (including phenoxy) is 1. The first-order valence-corrected chi connectivity index (χ1v) is 8.28. The molecule has 112 valence electrons. The lowest BCUT2D eigenvalue weighted by atomic mass is 10.0. The fraction of sp³-hybridized carbons (Fsp3) is 0.500. The normalized spacial score (nSPS) is 13.1. The Bertz CT molecular complexity index is 566. The molecular weight excluding hydrogens is 278 g/mol. The van der Waals surface area contributed by atoms with Gasteiger partial charge < -0.3 is 10.1 Å². The monoisotopic (exact) mass is 299 g/mol. The van der Waals surface area contributed by atoms with E-state index in [1.54, 1.807) is 18.2 Å². The summed E-state index contributed by atoms with van der Waals surface area (Å²) in [7, 11) is -2.04. The average Bonchev–Trinajstić information content (AvgIpc) is 2.36. The average molecular weight is 299 g/mol. The molecule has 0 aliphatic rings. The van der Waals surface area contributed by atoms with Crippen LogP contribution in [0.25, 0.3) is 0 Å². The van der Waals surface area contributed by atoms with E-state index in [-0.39, 0.29) is 10.8 Å². The van der Waals surface area contributed by atoms with Gasteiger partial charge >= 0.3 is 5.97 Å². The van der Waals surface area contributed by atoms with Gasteiger partial charge in [0.1, 0.15) is 6.04 Å². The van der Waals surface area contributed by atoms with E-state index in [1.165, 1.54) is 13.2 Å². The van der Waals surface area contributed by atoms with Crippen LogP contribution in [0.3, 0.4) is 0 Å². The number of esters is 1. The molecule has 0 bridgehead atoms. The van der Waals surface area contributed by atoms with E-state index in [9.17, 15) is 13.2 Å². The lowest BCUT2D eigenvalue weighted by Crippen LogP contribution is -2.32. The largest absolute Gasteiger partial charge is 0.467 e. The zero-order valence-electron chi connectivity index (χ0n) is 12.2. The van der Waals surface area contributed by atoms with Gasteiger partial charge in [0.05, 0.1) is 17.7 Å². The molecular formula is C14H21NO4S. The SMILES string of the molecule is COC(=O)C(CC(C)C)Nc1ccccc1S(C)(=O)=O. The quantitative estimate of drug-likeness (QED) is 0.814. The third-order valence-electron chi connectivity index (χ3n) is 2.81. The van der Waals surface area contributed by atoms with Crippen molar-refractivity contribution in [1.82, 2.24) is 0 Å². The maximum atomic E-state index is 11.8. The van der Waals surface area contributed by atoms with Crippen LogP contribution in [0.15, 0.2) is 29.2 Å². The Labute approximate surface area is 120 Å². The number of nitrogens with one attached hydrogen (secondary N) is 1. The topological polar surface area (TPSA) is 72.5 Å². The van der Waals surface area contributed by atoms with Crippen LogP contribution in [0.2, 0.25) is 0 Å². The first kappa shape index (κ1) is 16.5. The summed E-state index contributed by atoms with van der Waals surface area (Å²) in [4.78, 5) is 12.0. The molecule has 20 heavy (non-hydrogen) atoms. The van der Waals surface area contributed by atoms with Gasteiger partial charge in [0, 0.05) is 6.26 Å². The van der Waals surface area contributed by atoms with Crippen LogP contribution in [0.4, 0.5) is 5.69 Å². The number of benzene rings is 1. The molecule has 0 radical (unpaired) electrons. The summed E-state index contributed by atoms with van der Waals surface area (Å²) in [6, 6.07) is 5.97. The molecule has 0 amide bonds. The number of sulfone groups is 1. The van der Waals surface area contributed by atoms with Crippen molar-refractivity contribution in [3.63, 3.8) is 0 Å². The highest BCUT2D eigenvalue weighted by atomic mass is 32.2. The summed E-state index contributed by atoms with van der Waals surface area (Å²) in [6.07, 6.45) is 1.70. The van der Waals surface area contributed by atoms with Gasteiger partial charge in [-0.1, -0.05) is 26.0 Å². The fourth-order valence-electron chi connectivity index (χ4n) is 1.92. The summed E-state index contributed by atoms with van der Waals surface area (Å²) in [5, 5.41) is 2.98. The van der Waals surface area contributed by atoms with Crippen molar-refractivity contribution < 1.29 is 17.9 Å². The molecule has 1 aromatic carbocycles. The van der Waals surface area contributed by atoms with Gasteiger partial charge in [-0.05, 0) is 24.5 Å². The van der Waals surface area contributed by atoms with Crippen molar-refractivity contribution >= 4 is 21.5 Å². The summed E-state index contributed by atoms with van der Waals surface area (Å²) in [5.74, 6) is -0.126. The highest BCUT2D eigenvalue weighted by Gasteiger charge is 2.22. The lowest BCUT2D eigenvalue weighted by molar-refractivity contribution is -0.141. The summed E-state index contributed by atoms with van der Waals surface area (Å²) < 4.78 is 28.2. The number of carbonyl (C=O) groups excluding carboxylic acids is 1. The Kier molecular flexibility index (Phi) is 5.56. The van der Waals surface area contributed by atoms with E-state index >= 15 is 0 Å². The maximum absolute atomic E-state index is 11.8. The summed E-state index contributed by atoms with van der Waals surface area (Å²) >= 11 is 0. The third-order valence-corrected chi connectivity index (χ3v) is 3.96. The van der Waals surface area contributed by atoms with Crippen LogP contribution in [0, 0.1) is 5.92 Å². The van der Waals surface area contributed by atoms with Gasteiger partial charge in [-0.3, -0.25) is 0 Å². The van der Waals surface area contributed by atoms with E-state index in [4.69, 9.17) is 4.74 Å². The lowest BCUT2D eigenvalue weighted by Gasteiger charge is -2.20. The van der Waals surface area contributed by atoms with Gasteiger partial charge in [0.15, 0.2) is 9.84 Å². The fourth-order valence-corrected chi connectivity index (χ4v) is 2.78. The highest BCUT2D eigenvalue weighted by Crippen LogP contribution is 2.23. The van der Waals surface area contributed by atoms with E-state index in [1.807, 2.05) is 13.8 Å². The van der Waals surface area contributed by atoms with E-state index in [0.29, 0.717) is 12.1 Å². The smallest absolute Gasteiger partial charge is 0.328 e. The number of rotatable bonds is 6. The van der Waals surface area contributed by atoms with Crippen molar-refractivity contribution in [2.75, 3.05) is 18.7 Å². The third kappa shape index (κ3) is 4.52. The predicted molar refractivity (Wildman–Crippen MR) is 78.4 cm³/mol. The van der Waals surface area contributed by atoms with Gasteiger partial charge in [-0.2, -0.15) is 0 Å². The van der Waals surface area contributed by atoms with Crippen molar-refractivity contribution in [1.29, 1.82) is 0 Å². The Hall–Kier alpha value is -1.56. The highest BCUT2D eigenvalue weighted by molar-refractivity contribution is 7.90. The molecule has 6 heteroatoms. The van der Waals surface area contributed by atoms with Crippen LogP contribution >= 0.6 is 0 Å². The number of hydrogen-bond acceptors (Lipinski definition) is 5. The molecule has 0 saturated heterocycles. The first-order valence-electron chi connectivity index (χ1n) is 6.39. The van der Waals surface area contributed by atoms with Crippen LogP contribution in [0.5, 0.6) is 0 Å². The number of anilines is 1. The van der Waals surface area contributed by atoms with E-state index in [0.717, 1.165) is 6.26 Å². The minimum Gasteiger partial charge on any atom is -0.467 e. The molecule has 1 rings (SSSR count). The van der Waals surface area contributed by atoms with Crippen molar-refractivity contribution in [3.8, 4) is 0 Å². The number of methoxy groups -OCH3 is 1. The van der Waals surface area contributed by atoms with Crippen molar-refractivity contribution in [2.45, 2.75) is 31.2 Å². The summed E-state index contributed by atoms with van der Waals surface area (Å²) in [6.45, 7) is 3.97. The van der Waals surface area contributed by atoms with Crippen molar-refractivity contribution in [3.05, 3.63) is 24.3 Å². The minimum absolute atomic E-state index is 0.178. The van der Waals surface area contributed by atoms with E-state index in [2.05, 4.69) is 5.32 Å². The second kappa shape index (κ2) is 6.74. The molecule has 5 nitrogen and oxygen atoms in total. The van der Waals surface area contributed by atoms with Crippen LogP contribution in [-0.2, 0) is 19.4 Å². The molecule has 1 aromatic rings. The Morgan fingerprint density at radius 2 is 1.90 bits per heavy atom. The van der Waals surface area contributed by atoms with Crippen LogP contribution in [0.1, 0.15) is 20.3 Å².